The fourth-order valence-electron chi connectivity index (χ4n) is 2.43. The van der Waals surface area contributed by atoms with Crippen LogP contribution < -0.4 is 10.1 Å². The Hall–Kier alpha value is -4.34. The molecule has 0 heterocycles. The molecule has 0 saturated carbocycles. The summed E-state index contributed by atoms with van der Waals surface area (Å²) in [5, 5.41) is 24.1. The average Bonchev–Trinajstić information content (AvgIpc) is 2.70. The largest absolute Gasteiger partial charge is 0.457 e. The van der Waals surface area contributed by atoms with Crippen molar-refractivity contribution in [1.29, 1.82) is 0 Å². The smallest absolute Gasteiger partial charge is 0.271 e. The standard InChI is InChI=1S/C19H12FN3O6/c20-16-8-6-13(23(27)28)11-17(16)21-19(24)15-10-12(22(25)26)7-9-18(15)29-14-4-2-1-3-5-14/h1-11H,(H,21,24). The SMILES string of the molecule is O=C(Nc1cc([N+](=O)[O-])ccc1F)c1cc([N+](=O)[O-])ccc1Oc1ccccc1. The maximum Gasteiger partial charge on any atom is 0.271 e. The molecule has 9 nitrogen and oxygen atoms in total. The second kappa shape index (κ2) is 8.13. The van der Waals surface area contributed by atoms with Crippen LogP contribution in [0.1, 0.15) is 10.4 Å². The van der Waals surface area contributed by atoms with Crippen molar-refractivity contribution in [2.24, 2.45) is 0 Å². The molecule has 0 spiro atoms. The lowest BCUT2D eigenvalue weighted by atomic mass is 10.1. The maximum atomic E-state index is 14.0. The number of nitro benzene ring substituents is 2. The van der Waals surface area contributed by atoms with Crippen molar-refractivity contribution >= 4 is 23.0 Å². The number of rotatable bonds is 6. The van der Waals surface area contributed by atoms with Crippen molar-refractivity contribution in [3.63, 3.8) is 0 Å². The number of halogens is 1. The Labute approximate surface area is 162 Å². The summed E-state index contributed by atoms with van der Waals surface area (Å²) < 4.78 is 19.6. The van der Waals surface area contributed by atoms with Gasteiger partial charge in [-0.05, 0) is 24.3 Å². The van der Waals surface area contributed by atoms with E-state index in [2.05, 4.69) is 5.32 Å². The van der Waals surface area contributed by atoms with Gasteiger partial charge in [-0.2, -0.15) is 0 Å². The number of non-ortho nitro benzene ring substituents is 2. The Balaban J connectivity index is 1.98. The molecule has 3 rings (SSSR count). The lowest BCUT2D eigenvalue weighted by molar-refractivity contribution is -0.385. The number of para-hydroxylation sites is 1. The number of carbonyl (C=O) groups excluding carboxylic acids is 1. The Kier molecular flexibility index (Phi) is 5.44. The lowest BCUT2D eigenvalue weighted by Crippen LogP contribution is -2.14. The summed E-state index contributed by atoms with van der Waals surface area (Å²) in [7, 11) is 0. The number of hydrogen-bond donors (Lipinski definition) is 1. The van der Waals surface area contributed by atoms with E-state index in [1.165, 1.54) is 6.07 Å². The molecular formula is C19H12FN3O6. The summed E-state index contributed by atoms with van der Waals surface area (Å²) in [6, 6.07) is 14.4. The Morgan fingerprint density at radius 1 is 0.897 bits per heavy atom. The maximum absolute atomic E-state index is 14.0. The van der Waals surface area contributed by atoms with E-state index in [4.69, 9.17) is 4.74 Å². The van der Waals surface area contributed by atoms with Gasteiger partial charge < -0.3 is 10.1 Å². The van der Waals surface area contributed by atoms with Crippen LogP contribution in [0.3, 0.4) is 0 Å². The molecule has 146 valence electrons. The molecule has 29 heavy (non-hydrogen) atoms. The van der Waals surface area contributed by atoms with Crippen LogP contribution in [0.5, 0.6) is 11.5 Å². The van der Waals surface area contributed by atoms with Gasteiger partial charge in [0.05, 0.1) is 21.1 Å². The van der Waals surface area contributed by atoms with Crippen LogP contribution in [0.2, 0.25) is 0 Å². The lowest BCUT2D eigenvalue weighted by Gasteiger charge is -2.12. The number of amides is 1. The van der Waals surface area contributed by atoms with E-state index in [1.54, 1.807) is 30.3 Å². The number of hydrogen-bond acceptors (Lipinski definition) is 6. The molecule has 0 bridgehead atoms. The summed E-state index contributed by atoms with van der Waals surface area (Å²) in [6.07, 6.45) is 0. The van der Waals surface area contributed by atoms with Gasteiger partial charge >= 0.3 is 0 Å². The van der Waals surface area contributed by atoms with Crippen LogP contribution in [0.4, 0.5) is 21.5 Å². The van der Waals surface area contributed by atoms with Crippen LogP contribution in [0, 0.1) is 26.0 Å². The van der Waals surface area contributed by atoms with Gasteiger partial charge in [0.25, 0.3) is 17.3 Å². The van der Waals surface area contributed by atoms with E-state index in [9.17, 15) is 29.4 Å². The van der Waals surface area contributed by atoms with E-state index in [1.807, 2.05) is 0 Å². The van der Waals surface area contributed by atoms with Crippen LogP contribution in [-0.2, 0) is 0 Å². The van der Waals surface area contributed by atoms with Crippen LogP contribution in [0.25, 0.3) is 0 Å². The quantitative estimate of drug-likeness (QED) is 0.475. The van der Waals surface area contributed by atoms with Crippen LogP contribution >= 0.6 is 0 Å². The number of anilines is 1. The minimum absolute atomic E-state index is 0.00913. The molecule has 0 radical (unpaired) electrons. The molecule has 1 N–H and O–H groups in total. The highest BCUT2D eigenvalue weighted by atomic mass is 19.1. The summed E-state index contributed by atoms with van der Waals surface area (Å²) >= 11 is 0. The Morgan fingerprint density at radius 3 is 2.17 bits per heavy atom. The third-order valence-electron chi connectivity index (χ3n) is 3.80. The molecule has 0 aliphatic rings. The number of ether oxygens (including phenoxy) is 1. The zero-order valence-corrected chi connectivity index (χ0v) is 14.6. The van der Waals surface area contributed by atoms with Gasteiger partial charge in [-0.1, -0.05) is 18.2 Å². The monoisotopic (exact) mass is 397 g/mol. The second-order valence-electron chi connectivity index (χ2n) is 5.73. The molecule has 0 atom stereocenters. The number of nitrogens with one attached hydrogen (secondary N) is 1. The molecule has 0 aliphatic carbocycles. The summed E-state index contributed by atoms with van der Waals surface area (Å²) in [5.41, 5.74) is -1.49. The minimum Gasteiger partial charge on any atom is -0.457 e. The number of carbonyl (C=O) groups is 1. The second-order valence-corrected chi connectivity index (χ2v) is 5.73. The normalized spacial score (nSPS) is 10.2. The third-order valence-corrected chi connectivity index (χ3v) is 3.80. The van der Waals surface area contributed by atoms with Crippen molar-refractivity contribution in [3.05, 3.63) is 98.3 Å². The number of nitrogens with zero attached hydrogens (tertiary/aromatic N) is 2. The zero-order valence-electron chi connectivity index (χ0n) is 14.6. The average molecular weight is 397 g/mol. The third kappa shape index (κ3) is 4.50. The van der Waals surface area contributed by atoms with Gasteiger partial charge in [-0.3, -0.25) is 25.0 Å². The molecule has 0 fully saturated rings. The van der Waals surface area contributed by atoms with E-state index in [0.717, 1.165) is 30.3 Å². The summed E-state index contributed by atoms with van der Waals surface area (Å²) in [4.78, 5) is 33.2. The zero-order chi connectivity index (χ0) is 21.0. The minimum atomic E-state index is -0.931. The molecule has 3 aromatic rings. The number of nitro groups is 2. The Morgan fingerprint density at radius 2 is 1.52 bits per heavy atom. The molecule has 0 unspecified atom stereocenters. The highest BCUT2D eigenvalue weighted by Gasteiger charge is 2.21. The fraction of sp³-hybridized carbons (Fsp3) is 0. The van der Waals surface area contributed by atoms with Crippen molar-refractivity contribution < 1.29 is 23.8 Å². The topological polar surface area (TPSA) is 125 Å². The van der Waals surface area contributed by atoms with Crippen LogP contribution in [-0.4, -0.2) is 15.8 Å². The van der Waals surface area contributed by atoms with Gasteiger partial charge in [0, 0.05) is 24.3 Å². The van der Waals surface area contributed by atoms with E-state index < -0.39 is 32.9 Å². The molecule has 3 aromatic carbocycles. The van der Waals surface area contributed by atoms with Gasteiger partial charge in [0.15, 0.2) is 0 Å². The molecule has 0 saturated heterocycles. The highest BCUT2D eigenvalue weighted by Crippen LogP contribution is 2.30. The van der Waals surface area contributed by atoms with E-state index >= 15 is 0 Å². The van der Waals surface area contributed by atoms with Gasteiger partial charge in [-0.25, -0.2) is 4.39 Å². The van der Waals surface area contributed by atoms with Gasteiger partial charge in [0.1, 0.15) is 17.3 Å². The molecule has 10 heteroatoms. The highest BCUT2D eigenvalue weighted by molar-refractivity contribution is 6.06. The molecule has 1 amide bonds. The summed E-state index contributed by atoms with van der Waals surface area (Å²) in [5.74, 6) is -1.47. The van der Waals surface area contributed by atoms with Crippen molar-refractivity contribution in [2.45, 2.75) is 0 Å². The first-order valence-corrected chi connectivity index (χ1v) is 8.12. The first-order chi connectivity index (χ1) is 13.8. The number of benzene rings is 3. The van der Waals surface area contributed by atoms with Crippen molar-refractivity contribution in [3.8, 4) is 11.5 Å². The van der Waals surface area contributed by atoms with Crippen molar-refractivity contribution in [2.75, 3.05) is 5.32 Å². The summed E-state index contributed by atoms with van der Waals surface area (Å²) in [6.45, 7) is 0. The molecular weight excluding hydrogens is 385 g/mol. The van der Waals surface area contributed by atoms with Gasteiger partial charge in [-0.15, -0.1) is 0 Å². The predicted molar refractivity (Wildman–Crippen MR) is 101 cm³/mol. The predicted octanol–water partition coefficient (Wildman–Crippen LogP) is 4.69. The fourth-order valence-corrected chi connectivity index (χ4v) is 2.43. The van der Waals surface area contributed by atoms with E-state index in [0.29, 0.717) is 5.75 Å². The van der Waals surface area contributed by atoms with Crippen molar-refractivity contribution in [1.82, 2.24) is 0 Å². The van der Waals surface area contributed by atoms with Crippen LogP contribution in [0.15, 0.2) is 66.7 Å². The van der Waals surface area contributed by atoms with Gasteiger partial charge in [0.2, 0.25) is 0 Å². The molecule has 0 aliphatic heterocycles. The first-order valence-electron chi connectivity index (χ1n) is 8.12. The molecule has 0 aromatic heterocycles. The van der Waals surface area contributed by atoms with E-state index in [-0.39, 0.29) is 17.0 Å². The first kappa shape index (κ1) is 19.4. The Bertz CT molecular complexity index is 1100.